The van der Waals surface area contributed by atoms with Crippen LogP contribution >= 0.6 is 11.6 Å². The first-order valence-electron chi connectivity index (χ1n) is 6.68. The van der Waals surface area contributed by atoms with Gasteiger partial charge < -0.3 is 11.1 Å². The number of alkyl halides is 3. The van der Waals surface area contributed by atoms with E-state index in [0.29, 0.717) is 12.1 Å². The lowest BCUT2D eigenvalue weighted by molar-refractivity contribution is -0.137. The molecule has 0 unspecified atom stereocenters. The van der Waals surface area contributed by atoms with Gasteiger partial charge in [0.25, 0.3) is 5.56 Å². The lowest BCUT2D eigenvalue weighted by Crippen LogP contribution is -2.31. The summed E-state index contributed by atoms with van der Waals surface area (Å²) in [5.74, 6) is -0.998. The van der Waals surface area contributed by atoms with Gasteiger partial charge in [-0.15, -0.1) is 0 Å². The number of nitrogens with one attached hydrogen (secondary N) is 1. The molecule has 0 aliphatic carbocycles. The topological polar surface area (TPSA) is 90.0 Å². The van der Waals surface area contributed by atoms with E-state index in [9.17, 15) is 27.2 Å². The van der Waals surface area contributed by atoms with Gasteiger partial charge in [0.2, 0.25) is 0 Å². The fourth-order valence-electron chi connectivity index (χ4n) is 2.07. The van der Waals surface area contributed by atoms with Gasteiger partial charge in [0, 0.05) is 5.56 Å². The second kappa shape index (κ2) is 6.71. The largest absolute Gasteiger partial charge is 0.416 e. The predicted molar refractivity (Wildman–Crippen MR) is 82.0 cm³/mol. The van der Waals surface area contributed by atoms with Gasteiger partial charge in [-0.2, -0.15) is 13.2 Å². The standard InChI is InChI=1S/C14H11ClF4N4O2/c1-6-21-4-10(22-13(20)25)12(24)23(6)5-7-2-8(14(17,18)19)3-9(15)11(7)16/h2-4H,5H2,1H3,(H3,20,22,25). The molecule has 0 aliphatic heterocycles. The molecule has 2 rings (SSSR count). The molecule has 134 valence electrons. The van der Waals surface area contributed by atoms with Gasteiger partial charge in [-0.1, -0.05) is 11.6 Å². The maximum atomic E-state index is 14.1. The molecule has 0 saturated carbocycles. The number of anilines is 1. The highest BCUT2D eigenvalue weighted by Crippen LogP contribution is 2.33. The van der Waals surface area contributed by atoms with Crippen LogP contribution in [0.5, 0.6) is 0 Å². The van der Waals surface area contributed by atoms with Crippen LogP contribution in [0.3, 0.4) is 0 Å². The van der Waals surface area contributed by atoms with E-state index < -0.39 is 46.3 Å². The molecule has 0 fully saturated rings. The average molecular weight is 379 g/mol. The zero-order valence-electron chi connectivity index (χ0n) is 12.6. The average Bonchev–Trinajstić information content (AvgIpc) is 2.49. The number of halogens is 5. The molecule has 1 aromatic heterocycles. The second-order valence-electron chi connectivity index (χ2n) is 5.03. The summed E-state index contributed by atoms with van der Waals surface area (Å²) in [5.41, 5.74) is 2.21. The van der Waals surface area contributed by atoms with Crippen LogP contribution in [-0.2, 0) is 12.7 Å². The lowest BCUT2D eigenvalue weighted by Gasteiger charge is -2.14. The van der Waals surface area contributed by atoms with E-state index in [-0.39, 0.29) is 11.5 Å². The van der Waals surface area contributed by atoms with Gasteiger partial charge in [-0.3, -0.25) is 9.36 Å². The van der Waals surface area contributed by atoms with E-state index in [4.69, 9.17) is 17.3 Å². The molecule has 25 heavy (non-hydrogen) atoms. The molecule has 0 radical (unpaired) electrons. The summed E-state index contributed by atoms with van der Waals surface area (Å²) >= 11 is 5.52. The molecule has 2 amide bonds. The van der Waals surface area contributed by atoms with Crippen LogP contribution in [0.25, 0.3) is 0 Å². The highest BCUT2D eigenvalue weighted by molar-refractivity contribution is 6.30. The minimum Gasteiger partial charge on any atom is -0.351 e. The Hall–Kier alpha value is -2.62. The third-order valence-electron chi connectivity index (χ3n) is 3.26. The summed E-state index contributed by atoms with van der Waals surface area (Å²) in [6.45, 7) is 0.823. The SMILES string of the molecule is Cc1ncc(NC(N)=O)c(=O)n1Cc1cc(C(F)(F)F)cc(Cl)c1F. The normalized spacial score (nSPS) is 11.4. The number of rotatable bonds is 3. The van der Waals surface area contributed by atoms with Crippen LogP contribution in [0, 0.1) is 12.7 Å². The minimum atomic E-state index is -4.74. The minimum absolute atomic E-state index is 0.0907. The van der Waals surface area contributed by atoms with Crippen LogP contribution in [0.2, 0.25) is 5.02 Å². The Bertz CT molecular complexity index is 896. The monoisotopic (exact) mass is 378 g/mol. The molecular weight excluding hydrogens is 368 g/mol. The van der Waals surface area contributed by atoms with Crippen molar-refractivity contribution < 1.29 is 22.4 Å². The van der Waals surface area contributed by atoms with Crippen molar-refractivity contribution >= 4 is 23.3 Å². The fraction of sp³-hybridized carbons (Fsp3) is 0.214. The highest BCUT2D eigenvalue weighted by Gasteiger charge is 2.32. The van der Waals surface area contributed by atoms with E-state index in [2.05, 4.69) is 4.98 Å². The first-order chi connectivity index (χ1) is 11.5. The van der Waals surface area contributed by atoms with E-state index in [1.807, 2.05) is 5.32 Å². The maximum absolute atomic E-state index is 14.1. The molecule has 11 heteroatoms. The fourth-order valence-corrected chi connectivity index (χ4v) is 2.31. The van der Waals surface area contributed by atoms with E-state index in [0.717, 1.165) is 10.8 Å². The van der Waals surface area contributed by atoms with Gasteiger partial charge in [0.15, 0.2) is 0 Å². The van der Waals surface area contributed by atoms with E-state index in [1.54, 1.807) is 0 Å². The highest BCUT2D eigenvalue weighted by atomic mass is 35.5. The van der Waals surface area contributed by atoms with Crippen LogP contribution < -0.4 is 16.6 Å². The van der Waals surface area contributed by atoms with Crippen molar-refractivity contribution in [1.82, 2.24) is 9.55 Å². The number of urea groups is 1. The number of benzene rings is 1. The Labute approximate surface area is 143 Å². The van der Waals surface area contributed by atoms with Crippen molar-refractivity contribution in [3.05, 3.63) is 56.5 Å². The Morgan fingerprint density at radius 2 is 2.04 bits per heavy atom. The number of amides is 2. The third-order valence-corrected chi connectivity index (χ3v) is 3.54. The maximum Gasteiger partial charge on any atom is 0.416 e. The number of primary amides is 1. The van der Waals surface area contributed by atoms with Crippen molar-refractivity contribution in [2.45, 2.75) is 19.6 Å². The zero-order chi connectivity index (χ0) is 18.9. The first kappa shape index (κ1) is 18.7. The Morgan fingerprint density at radius 3 is 2.60 bits per heavy atom. The smallest absolute Gasteiger partial charge is 0.351 e. The number of nitrogens with zero attached hydrogens (tertiary/aromatic N) is 2. The molecule has 0 atom stereocenters. The molecule has 0 spiro atoms. The zero-order valence-corrected chi connectivity index (χ0v) is 13.4. The van der Waals surface area contributed by atoms with Crippen molar-refractivity contribution in [3.8, 4) is 0 Å². The molecular formula is C14H11ClF4N4O2. The summed E-state index contributed by atoms with van der Waals surface area (Å²) in [6, 6.07) is -0.0109. The summed E-state index contributed by atoms with van der Waals surface area (Å²) < 4.78 is 53.6. The number of aromatic nitrogens is 2. The molecule has 1 aromatic carbocycles. The summed E-state index contributed by atoms with van der Waals surface area (Å²) in [4.78, 5) is 27.0. The predicted octanol–water partition coefficient (Wildman–Crippen LogP) is 2.90. The quantitative estimate of drug-likeness (QED) is 0.805. The number of aryl methyl sites for hydroxylation is 1. The van der Waals surface area contributed by atoms with Gasteiger partial charge in [0.1, 0.15) is 17.3 Å². The van der Waals surface area contributed by atoms with E-state index >= 15 is 0 Å². The number of carbonyl (C=O) groups excluding carboxylic acids is 1. The summed E-state index contributed by atoms with van der Waals surface area (Å²) in [6.07, 6.45) is -3.70. The molecule has 3 N–H and O–H groups in total. The third kappa shape index (κ3) is 4.08. The van der Waals surface area contributed by atoms with Crippen molar-refractivity contribution in [3.63, 3.8) is 0 Å². The van der Waals surface area contributed by atoms with Crippen LogP contribution in [0.4, 0.5) is 28.0 Å². The summed E-state index contributed by atoms with van der Waals surface area (Å²) in [5, 5.41) is 1.30. The Morgan fingerprint density at radius 1 is 1.40 bits per heavy atom. The number of hydrogen-bond acceptors (Lipinski definition) is 3. The van der Waals surface area contributed by atoms with Crippen molar-refractivity contribution in [2.75, 3.05) is 5.32 Å². The van der Waals surface area contributed by atoms with Gasteiger partial charge >= 0.3 is 12.2 Å². The van der Waals surface area contributed by atoms with Crippen LogP contribution in [0.1, 0.15) is 17.0 Å². The van der Waals surface area contributed by atoms with Gasteiger partial charge in [0.05, 0.1) is 23.3 Å². The number of hydrogen-bond donors (Lipinski definition) is 2. The summed E-state index contributed by atoms with van der Waals surface area (Å²) in [7, 11) is 0. The first-order valence-corrected chi connectivity index (χ1v) is 7.06. The number of carbonyl (C=O) groups is 1. The van der Waals surface area contributed by atoms with Crippen molar-refractivity contribution in [1.29, 1.82) is 0 Å². The molecule has 2 aromatic rings. The second-order valence-corrected chi connectivity index (χ2v) is 5.44. The Kier molecular flexibility index (Phi) is 5.02. The number of nitrogens with two attached hydrogens (primary N) is 1. The van der Waals surface area contributed by atoms with Gasteiger partial charge in [-0.25, -0.2) is 14.2 Å². The van der Waals surface area contributed by atoms with Gasteiger partial charge in [-0.05, 0) is 19.1 Å². The van der Waals surface area contributed by atoms with Crippen LogP contribution in [0.15, 0.2) is 23.1 Å². The van der Waals surface area contributed by atoms with E-state index in [1.165, 1.54) is 6.92 Å². The molecule has 0 saturated heterocycles. The Balaban J connectivity index is 2.55. The molecule has 6 nitrogen and oxygen atoms in total. The molecule has 1 heterocycles. The molecule has 0 bridgehead atoms. The molecule has 0 aliphatic rings. The van der Waals surface area contributed by atoms with Crippen molar-refractivity contribution in [2.24, 2.45) is 5.73 Å². The lowest BCUT2D eigenvalue weighted by atomic mass is 10.1. The van der Waals surface area contributed by atoms with Crippen LogP contribution in [-0.4, -0.2) is 15.6 Å².